The van der Waals surface area contributed by atoms with Crippen molar-refractivity contribution in [1.82, 2.24) is 4.90 Å². The molecule has 1 fully saturated rings. The Morgan fingerprint density at radius 3 is 2.81 bits per heavy atom. The van der Waals surface area contributed by atoms with Crippen LogP contribution in [0.4, 0.5) is 5.69 Å². The number of nitro groups is 1. The standard InChI is InChI=1S/C14H19N3O4/c1-9-5-6-16(8-12(9)15)14(18)11-4-3-10(17(19)20)7-13(11)21-2/h3-4,7,9,12H,5-6,8,15H2,1-2H3. The summed E-state index contributed by atoms with van der Waals surface area (Å²) in [6.07, 6.45) is 0.849. The molecule has 1 heterocycles. The smallest absolute Gasteiger partial charge is 0.273 e. The largest absolute Gasteiger partial charge is 0.496 e. The van der Waals surface area contributed by atoms with Crippen molar-refractivity contribution in [3.63, 3.8) is 0 Å². The van der Waals surface area contributed by atoms with Crippen molar-refractivity contribution in [1.29, 1.82) is 0 Å². The minimum Gasteiger partial charge on any atom is -0.496 e. The third-order valence-corrected chi connectivity index (χ3v) is 3.93. The second-order valence-corrected chi connectivity index (χ2v) is 5.32. The number of nitro benzene ring substituents is 1. The van der Waals surface area contributed by atoms with Gasteiger partial charge in [0, 0.05) is 25.2 Å². The molecular weight excluding hydrogens is 274 g/mol. The molecule has 0 aliphatic carbocycles. The fourth-order valence-electron chi connectivity index (χ4n) is 2.42. The topological polar surface area (TPSA) is 98.7 Å². The van der Waals surface area contributed by atoms with Crippen LogP contribution in [0.1, 0.15) is 23.7 Å². The molecule has 2 rings (SSSR count). The predicted molar refractivity (Wildman–Crippen MR) is 77.3 cm³/mol. The van der Waals surface area contributed by atoms with Crippen LogP contribution in [0.2, 0.25) is 0 Å². The summed E-state index contributed by atoms with van der Waals surface area (Å²) in [5.74, 6) is 0.387. The summed E-state index contributed by atoms with van der Waals surface area (Å²) in [7, 11) is 1.39. The lowest BCUT2D eigenvalue weighted by molar-refractivity contribution is -0.384. The lowest BCUT2D eigenvalue weighted by Gasteiger charge is -2.35. The lowest BCUT2D eigenvalue weighted by atomic mass is 9.94. The fraction of sp³-hybridized carbons (Fsp3) is 0.500. The van der Waals surface area contributed by atoms with Gasteiger partial charge in [0.05, 0.1) is 23.7 Å². The van der Waals surface area contributed by atoms with E-state index >= 15 is 0 Å². The Hall–Kier alpha value is -2.15. The van der Waals surface area contributed by atoms with Crippen LogP contribution in [0.5, 0.6) is 5.75 Å². The summed E-state index contributed by atoms with van der Waals surface area (Å²) >= 11 is 0. The van der Waals surface area contributed by atoms with E-state index in [2.05, 4.69) is 6.92 Å². The summed E-state index contributed by atoms with van der Waals surface area (Å²) in [5.41, 5.74) is 6.22. The van der Waals surface area contributed by atoms with E-state index < -0.39 is 4.92 Å². The predicted octanol–water partition coefficient (Wildman–Crippen LogP) is 1.41. The molecule has 1 saturated heterocycles. The van der Waals surface area contributed by atoms with Crippen molar-refractivity contribution in [2.24, 2.45) is 11.7 Å². The SMILES string of the molecule is COc1cc([N+](=O)[O-])ccc1C(=O)N1CCC(C)C(N)C1. The third kappa shape index (κ3) is 3.13. The highest BCUT2D eigenvalue weighted by molar-refractivity contribution is 5.97. The molecule has 1 aromatic rings. The first-order chi connectivity index (χ1) is 9.93. The van der Waals surface area contributed by atoms with Gasteiger partial charge in [0.1, 0.15) is 5.75 Å². The highest BCUT2D eigenvalue weighted by Crippen LogP contribution is 2.27. The molecule has 7 nitrogen and oxygen atoms in total. The van der Waals surface area contributed by atoms with Crippen LogP contribution >= 0.6 is 0 Å². The number of rotatable bonds is 3. The van der Waals surface area contributed by atoms with Crippen LogP contribution in [0.3, 0.4) is 0 Å². The van der Waals surface area contributed by atoms with E-state index in [1.54, 1.807) is 4.90 Å². The quantitative estimate of drug-likeness (QED) is 0.671. The van der Waals surface area contributed by atoms with Crippen LogP contribution in [0.15, 0.2) is 18.2 Å². The average molecular weight is 293 g/mol. The number of ether oxygens (including phenoxy) is 1. The molecule has 0 aromatic heterocycles. The molecule has 0 spiro atoms. The Balaban J connectivity index is 2.25. The molecule has 0 bridgehead atoms. The van der Waals surface area contributed by atoms with Crippen molar-refractivity contribution in [2.45, 2.75) is 19.4 Å². The number of piperidine rings is 1. The highest BCUT2D eigenvalue weighted by atomic mass is 16.6. The zero-order valence-corrected chi connectivity index (χ0v) is 12.1. The number of non-ortho nitro benzene ring substituents is 1. The molecule has 0 saturated carbocycles. The maximum absolute atomic E-state index is 12.5. The molecule has 114 valence electrons. The number of nitrogens with two attached hydrogens (primary N) is 1. The summed E-state index contributed by atoms with van der Waals surface area (Å²) in [6, 6.07) is 3.96. The minimum atomic E-state index is -0.519. The summed E-state index contributed by atoms with van der Waals surface area (Å²) < 4.78 is 5.11. The van der Waals surface area contributed by atoms with Crippen molar-refractivity contribution < 1.29 is 14.5 Å². The Morgan fingerprint density at radius 1 is 1.52 bits per heavy atom. The minimum absolute atomic E-state index is 0.0493. The first-order valence-electron chi connectivity index (χ1n) is 6.81. The zero-order valence-electron chi connectivity index (χ0n) is 12.1. The molecule has 1 aliphatic rings. The van der Waals surface area contributed by atoms with E-state index in [9.17, 15) is 14.9 Å². The first kappa shape index (κ1) is 15.2. The molecular formula is C14H19N3O4. The van der Waals surface area contributed by atoms with Crippen LogP contribution in [-0.4, -0.2) is 42.0 Å². The van der Waals surface area contributed by atoms with E-state index in [1.165, 1.54) is 25.3 Å². The molecule has 7 heteroatoms. The number of amides is 1. The summed E-state index contributed by atoms with van der Waals surface area (Å²) in [6.45, 7) is 3.19. The second-order valence-electron chi connectivity index (χ2n) is 5.32. The monoisotopic (exact) mass is 293 g/mol. The van der Waals surface area contributed by atoms with Crippen molar-refractivity contribution in [2.75, 3.05) is 20.2 Å². The molecule has 1 aromatic carbocycles. The molecule has 0 radical (unpaired) electrons. The van der Waals surface area contributed by atoms with Gasteiger partial charge in [-0.2, -0.15) is 0 Å². The van der Waals surface area contributed by atoms with Crippen molar-refractivity contribution in [3.8, 4) is 5.75 Å². The Kier molecular flexibility index (Phi) is 4.42. The van der Waals surface area contributed by atoms with Crippen molar-refractivity contribution >= 4 is 11.6 Å². The molecule has 1 amide bonds. The molecule has 1 aliphatic heterocycles. The number of carbonyl (C=O) groups is 1. The number of hydrogen-bond donors (Lipinski definition) is 1. The molecule has 2 N–H and O–H groups in total. The van der Waals surface area contributed by atoms with Crippen LogP contribution < -0.4 is 10.5 Å². The lowest BCUT2D eigenvalue weighted by Crippen LogP contribution is -2.49. The highest BCUT2D eigenvalue weighted by Gasteiger charge is 2.28. The van der Waals surface area contributed by atoms with Crippen LogP contribution in [0.25, 0.3) is 0 Å². The first-order valence-corrected chi connectivity index (χ1v) is 6.81. The number of hydrogen-bond acceptors (Lipinski definition) is 5. The van der Waals surface area contributed by atoms with Gasteiger partial charge in [-0.3, -0.25) is 14.9 Å². The van der Waals surface area contributed by atoms with Gasteiger partial charge in [0.25, 0.3) is 11.6 Å². The molecule has 21 heavy (non-hydrogen) atoms. The number of likely N-dealkylation sites (tertiary alicyclic amines) is 1. The summed E-state index contributed by atoms with van der Waals surface area (Å²) in [4.78, 5) is 24.5. The van der Waals surface area contributed by atoms with E-state index in [1.807, 2.05) is 0 Å². The third-order valence-electron chi connectivity index (χ3n) is 3.93. The zero-order chi connectivity index (χ0) is 15.6. The van der Waals surface area contributed by atoms with Gasteiger partial charge >= 0.3 is 0 Å². The Labute approximate surface area is 122 Å². The van der Waals surface area contributed by atoms with Gasteiger partial charge in [-0.25, -0.2) is 0 Å². The second kappa shape index (κ2) is 6.09. The Morgan fingerprint density at radius 2 is 2.24 bits per heavy atom. The average Bonchev–Trinajstić information content (AvgIpc) is 2.48. The van der Waals surface area contributed by atoms with Gasteiger partial charge < -0.3 is 15.4 Å². The van der Waals surface area contributed by atoms with Gasteiger partial charge in [-0.1, -0.05) is 6.92 Å². The number of methoxy groups -OCH3 is 1. The van der Waals surface area contributed by atoms with Crippen LogP contribution in [0, 0.1) is 16.0 Å². The van der Waals surface area contributed by atoms with E-state index in [0.717, 1.165) is 6.42 Å². The van der Waals surface area contributed by atoms with Crippen LogP contribution in [-0.2, 0) is 0 Å². The van der Waals surface area contributed by atoms with Gasteiger partial charge in [-0.05, 0) is 18.4 Å². The Bertz CT molecular complexity index is 561. The maximum atomic E-state index is 12.5. The number of benzene rings is 1. The number of nitrogens with zero attached hydrogens (tertiary/aromatic N) is 2. The van der Waals surface area contributed by atoms with E-state index in [-0.39, 0.29) is 23.4 Å². The molecule has 2 unspecified atom stereocenters. The van der Waals surface area contributed by atoms with E-state index in [4.69, 9.17) is 10.5 Å². The summed E-state index contributed by atoms with van der Waals surface area (Å²) in [5, 5.41) is 10.8. The number of carbonyl (C=O) groups excluding carboxylic acids is 1. The molecule has 2 atom stereocenters. The maximum Gasteiger partial charge on any atom is 0.273 e. The van der Waals surface area contributed by atoms with Gasteiger partial charge in [-0.15, -0.1) is 0 Å². The van der Waals surface area contributed by atoms with Gasteiger partial charge in [0.15, 0.2) is 0 Å². The van der Waals surface area contributed by atoms with Crippen molar-refractivity contribution in [3.05, 3.63) is 33.9 Å². The normalized spacial score (nSPS) is 22.0. The fourth-order valence-corrected chi connectivity index (χ4v) is 2.42. The van der Waals surface area contributed by atoms with Gasteiger partial charge in [0.2, 0.25) is 0 Å². The van der Waals surface area contributed by atoms with E-state index in [0.29, 0.717) is 24.6 Å².